The molecule has 0 aromatic heterocycles. The van der Waals surface area contributed by atoms with E-state index in [1.54, 1.807) is 21.3 Å². The molecular weight excluding hydrogens is 252 g/mol. The first-order valence-corrected chi connectivity index (χ1v) is 8.06. The highest BCUT2D eigenvalue weighted by Gasteiger charge is 2.44. The normalized spacial score (nSPS) is 16.6. The first kappa shape index (κ1) is 19.9. The van der Waals surface area contributed by atoms with Crippen LogP contribution in [-0.4, -0.2) is 34.2 Å². The Morgan fingerprint density at radius 2 is 1.60 bits per heavy atom. The highest BCUT2D eigenvalue weighted by molar-refractivity contribution is 4.88. The van der Waals surface area contributed by atoms with Gasteiger partial charge in [0.25, 0.3) is 0 Å². The average molecular weight is 288 g/mol. The Kier molecular flexibility index (Phi) is 10.5. The minimum atomic E-state index is -0.210. The lowest BCUT2D eigenvalue weighted by Gasteiger charge is -2.44. The van der Waals surface area contributed by atoms with Gasteiger partial charge in [-0.15, -0.1) is 0 Å². The molecule has 3 nitrogen and oxygen atoms in total. The molecule has 0 aliphatic carbocycles. The largest absolute Gasteiger partial charge is 0.384 e. The van der Waals surface area contributed by atoms with Crippen LogP contribution in [-0.2, 0) is 14.2 Å². The SMILES string of the molecule is CCCCC(CC)CC(COC)(C(C)C)C(OC)OC. The lowest BCUT2D eigenvalue weighted by molar-refractivity contribution is -0.215. The Morgan fingerprint density at radius 3 is 1.95 bits per heavy atom. The fourth-order valence-corrected chi connectivity index (χ4v) is 3.21. The van der Waals surface area contributed by atoms with Crippen LogP contribution in [0.2, 0.25) is 0 Å². The molecule has 20 heavy (non-hydrogen) atoms. The third kappa shape index (κ3) is 5.34. The van der Waals surface area contributed by atoms with Crippen molar-refractivity contribution >= 4 is 0 Å². The first-order chi connectivity index (χ1) is 9.52. The van der Waals surface area contributed by atoms with Crippen molar-refractivity contribution in [3.8, 4) is 0 Å². The van der Waals surface area contributed by atoms with E-state index < -0.39 is 0 Å². The molecule has 0 aromatic carbocycles. The average Bonchev–Trinajstić information content (AvgIpc) is 2.44. The van der Waals surface area contributed by atoms with Crippen molar-refractivity contribution in [3.05, 3.63) is 0 Å². The van der Waals surface area contributed by atoms with Gasteiger partial charge in [-0.2, -0.15) is 0 Å². The number of ether oxygens (including phenoxy) is 3. The topological polar surface area (TPSA) is 27.7 Å². The molecule has 0 fully saturated rings. The highest BCUT2D eigenvalue weighted by atomic mass is 16.7. The fraction of sp³-hybridized carbons (Fsp3) is 1.00. The maximum Gasteiger partial charge on any atom is 0.164 e. The smallest absolute Gasteiger partial charge is 0.164 e. The Labute approximate surface area is 126 Å². The monoisotopic (exact) mass is 288 g/mol. The molecule has 0 amide bonds. The molecule has 0 bridgehead atoms. The summed E-state index contributed by atoms with van der Waals surface area (Å²) in [7, 11) is 5.23. The van der Waals surface area contributed by atoms with Gasteiger partial charge in [-0.25, -0.2) is 0 Å². The van der Waals surface area contributed by atoms with Crippen molar-refractivity contribution in [2.45, 2.75) is 66.1 Å². The van der Waals surface area contributed by atoms with E-state index >= 15 is 0 Å². The maximum atomic E-state index is 5.63. The Bertz CT molecular complexity index is 226. The van der Waals surface area contributed by atoms with Crippen molar-refractivity contribution < 1.29 is 14.2 Å². The number of unbranched alkanes of at least 4 members (excludes halogenated alkanes) is 1. The van der Waals surface area contributed by atoms with E-state index in [1.807, 2.05) is 0 Å². The second-order valence-electron chi connectivity index (χ2n) is 6.24. The van der Waals surface area contributed by atoms with Crippen molar-refractivity contribution in [1.82, 2.24) is 0 Å². The predicted molar refractivity (Wildman–Crippen MR) is 84.9 cm³/mol. The number of methoxy groups -OCH3 is 3. The summed E-state index contributed by atoms with van der Waals surface area (Å²) < 4.78 is 16.8. The van der Waals surface area contributed by atoms with Gasteiger partial charge >= 0.3 is 0 Å². The minimum Gasteiger partial charge on any atom is -0.384 e. The summed E-state index contributed by atoms with van der Waals surface area (Å²) in [4.78, 5) is 0. The van der Waals surface area contributed by atoms with Crippen LogP contribution in [0.1, 0.15) is 59.8 Å². The van der Waals surface area contributed by atoms with E-state index in [0.29, 0.717) is 18.4 Å². The van der Waals surface area contributed by atoms with Crippen molar-refractivity contribution in [2.24, 2.45) is 17.3 Å². The molecule has 0 spiro atoms. The van der Waals surface area contributed by atoms with Crippen LogP contribution in [0.3, 0.4) is 0 Å². The number of rotatable bonds is 12. The molecule has 0 saturated heterocycles. The molecule has 2 unspecified atom stereocenters. The van der Waals surface area contributed by atoms with Crippen LogP contribution in [0.15, 0.2) is 0 Å². The van der Waals surface area contributed by atoms with E-state index in [4.69, 9.17) is 14.2 Å². The van der Waals surface area contributed by atoms with Crippen molar-refractivity contribution in [2.75, 3.05) is 27.9 Å². The van der Waals surface area contributed by atoms with E-state index in [1.165, 1.54) is 25.7 Å². The quantitative estimate of drug-likeness (QED) is 0.495. The second kappa shape index (κ2) is 10.6. The molecule has 0 rings (SSSR count). The van der Waals surface area contributed by atoms with Crippen LogP contribution in [0.5, 0.6) is 0 Å². The summed E-state index contributed by atoms with van der Waals surface area (Å²) in [6.45, 7) is 9.71. The van der Waals surface area contributed by atoms with E-state index in [2.05, 4.69) is 27.7 Å². The predicted octanol–water partition coefficient (Wildman–Crippen LogP) is 4.50. The van der Waals surface area contributed by atoms with E-state index in [9.17, 15) is 0 Å². The van der Waals surface area contributed by atoms with E-state index in [0.717, 1.165) is 6.42 Å². The molecule has 0 heterocycles. The van der Waals surface area contributed by atoms with Crippen molar-refractivity contribution in [3.63, 3.8) is 0 Å². The van der Waals surface area contributed by atoms with Gasteiger partial charge in [0, 0.05) is 26.7 Å². The van der Waals surface area contributed by atoms with Gasteiger partial charge < -0.3 is 14.2 Å². The number of hydrogen-bond acceptors (Lipinski definition) is 3. The summed E-state index contributed by atoms with van der Waals surface area (Å²) in [5.74, 6) is 1.16. The molecule has 3 heteroatoms. The van der Waals surface area contributed by atoms with Gasteiger partial charge in [0.2, 0.25) is 0 Å². The highest BCUT2D eigenvalue weighted by Crippen LogP contribution is 2.42. The molecule has 0 aromatic rings. The second-order valence-corrected chi connectivity index (χ2v) is 6.24. The minimum absolute atomic E-state index is 0.0767. The zero-order chi connectivity index (χ0) is 15.6. The molecule has 0 radical (unpaired) electrons. The van der Waals surface area contributed by atoms with Gasteiger partial charge in [-0.1, -0.05) is 53.4 Å². The summed E-state index contributed by atoms with van der Waals surface area (Å²) in [5.41, 5.74) is -0.0767. The Balaban J connectivity index is 5.15. The lowest BCUT2D eigenvalue weighted by Crippen LogP contribution is -2.47. The van der Waals surface area contributed by atoms with Gasteiger partial charge in [0.05, 0.1) is 6.61 Å². The third-order valence-corrected chi connectivity index (χ3v) is 4.67. The molecule has 2 atom stereocenters. The molecule has 0 saturated carbocycles. The van der Waals surface area contributed by atoms with Crippen LogP contribution >= 0.6 is 0 Å². The zero-order valence-corrected chi connectivity index (χ0v) is 14.7. The first-order valence-electron chi connectivity index (χ1n) is 8.06. The molecule has 0 aliphatic rings. The standard InChI is InChI=1S/C17H36O3/c1-8-10-11-15(9-2)12-17(13-18-5,14(3)4)16(19-6)20-7/h14-16H,8-13H2,1-7H3. The van der Waals surface area contributed by atoms with Crippen molar-refractivity contribution in [1.29, 1.82) is 0 Å². The summed E-state index contributed by atoms with van der Waals surface area (Å²) in [6, 6.07) is 0. The molecular formula is C17H36O3. The fourth-order valence-electron chi connectivity index (χ4n) is 3.21. The Morgan fingerprint density at radius 1 is 1.00 bits per heavy atom. The molecule has 122 valence electrons. The molecule has 0 N–H and O–H groups in total. The van der Waals surface area contributed by atoms with Gasteiger partial charge in [0.15, 0.2) is 6.29 Å². The number of hydrogen-bond donors (Lipinski definition) is 0. The van der Waals surface area contributed by atoms with E-state index in [-0.39, 0.29) is 11.7 Å². The zero-order valence-electron chi connectivity index (χ0n) is 14.7. The van der Waals surface area contributed by atoms with Gasteiger partial charge in [0.1, 0.15) is 0 Å². The lowest BCUT2D eigenvalue weighted by atomic mass is 9.69. The Hall–Kier alpha value is -0.120. The summed E-state index contributed by atoms with van der Waals surface area (Å²) in [5, 5.41) is 0. The summed E-state index contributed by atoms with van der Waals surface area (Å²) >= 11 is 0. The van der Waals surface area contributed by atoms with Gasteiger partial charge in [-0.05, 0) is 18.3 Å². The summed E-state index contributed by atoms with van der Waals surface area (Å²) in [6.07, 6.45) is 5.93. The third-order valence-electron chi connectivity index (χ3n) is 4.67. The maximum absolute atomic E-state index is 5.63. The van der Waals surface area contributed by atoms with Crippen LogP contribution in [0, 0.1) is 17.3 Å². The van der Waals surface area contributed by atoms with Gasteiger partial charge in [-0.3, -0.25) is 0 Å². The van der Waals surface area contributed by atoms with Crippen LogP contribution in [0.4, 0.5) is 0 Å². The van der Waals surface area contributed by atoms with Crippen LogP contribution < -0.4 is 0 Å². The molecule has 0 aliphatic heterocycles. The van der Waals surface area contributed by atoms with Crippen LogP contribution in [0.25, 0.3) is 0 Å².